The highest BCUT2D eigenvalue weighted by atomic mass is 35.5. The predicted molar refractivity (Wildman–Crippen MR) is 72.0 cm³/mol. The third-order valence-electron chi connectivity index (χ3n) is 2.81. The number of carbonyl (C=O) groups is 1. The van der Waals surface area contributed by atoms with Gasteiger partial charge in [-0.05, 0) is 30.7 Å². The Hall–Kier alpha value is -1.85. The normalized spacial score (nSPS) is 12.2. The van der Waals surface area contributed by atoms with Crippen molar-refractivity contribution >= 4 is 17.5 Å². The van der Waals surface area contributed by atoms with Crippen LogP contribution in [0.5, 0.6) is 0 Å². The second-order valence-electron chi connectivity index (χ2n) is 4.24. The van der Waals surface area contributed by atoms with Gasteiger partial charge in [0.2, 0.25) is 0 Å². The van der Waals surface area contributed by atoms with Crippen LogP contribution in [0, 0.1) is 5.82 Å². The first-order valence-corrected chi connectivity index (χ1v) is 6.39. The molecule has 0 radical (unpaired) electrons. The van der Waals surface area contributed by atoms with Crippen LogP contribution in [-0.2, 0) is 0 Å². The van der Waals surface area contributed by atoms with E-state index < -0.39 is 17.8 Å². The van der Waals surface area contributed by atoms with E-state index in [4.69, 9.17) is 16.0 Å². The van der Waals surface area contributed by atoms with E-state index in [0.29, 0.717) is 12.0 Å². The maximum atomic E-state index is 12.9. The maximum absolute atomic E-state index is 12.9. The smallest absolute Gasteiger partial charge is 0.252 e. The molecule has 0 aliphatic heterocycles. The van der Waals surface area contributed by atoms with E-state index in [1.165, 1.54) is 24.7 Å². The van der Waals surface area contributed by atoms with Gasteiger partial charge < -0.3 is 14.8 Å². The fraction of sp³-hybridized carbons (Fsp3) is 0.214. The lowest BCUT2D eigenvalue weighted by Gasteiger charge is -2.10. The van der Waals surface area contributed by atoms with E-state index in [9.17, 15) is 14.3 Å². The molecule has 106 valence electrons. The van der Waals surface area contributed by atoms with Crippen molar-refractivity contribution < 1.29 is 18.7 Å². The first-order valence-electron chi connectivity index (χ1n) is 6.01. The van der Waals surface area contributed by atoms with Crippen molar-refractivity contribution in [2.75, 3.05) is 6.54 Å². The lowest BCUT2D eigenvalue weighted by molar-refractivity contribution is 0.0942. The summed E-state index contributed by atoms with van der Waals surface area (Å²) in [5.74, 6) is -0.906. The number of furan rings is 1. The van der Waals surface area contributed by atoms with Crippen LogP contribution < -0.4 is 5.32 Å². The molecule has 0 bridgehead atoms. The van der Waals surface area contributed by atoms with E-state index in [0.717, 1.165) is 6.07 Å². The van der Waals surface area contributed by atoms with Crippen LogP contribution in [0.15, 0.2) is 41.2 Å². The Bertz CT molecular complexity index is 586. The lowest BCUT2D eigenvalue weighted by atomic mass is 10.1. The summed E-state index contributed by atoms with van der Waals surface area (Å²) in [4.78, 5) is 11.8. The number of aliphatic hydroxyl groups excluding tert-OH is 1. The zero-order chi connectivity index (χ0) is 14.5. The lowest BCUT2D eigenvalue weighted by Crippen LogP contribution is -2.25. The van der Waals surface area contributed by atoms with Crippen molar-refractivity contribution in [1.29, 1.82) is 0 Å². The molecule has 1 heterocycles. The van der Waals surface area contributed by atoms with Crippen molar-refractivity contribution in [2.24, 2.45) is 0 Å². The number of halogens is 2. The minimum absolute atomic E-state index is 0.0536. The number of amides is 1. The number of nitrogens with one attached hydrogen (secondary N) is 1. The molecular weight excluding hydrogens is 285 g/mol. The summed E-state index contributed by atoms with van der Waals surface area (Å²) in [6, 6.07) is 5.22. The number of hydrogen-bond donors (Lipinski definition) is 2. The Balaban J connectivity index is 1.86. The molecule has 0 aliphatic carbocycles. The molecule has 0 spiro atoms. The SMILES string of the molecule is O=C(NCCC(O)c1ccoc1)c1ccc(F)cc1Cl. The van der Waals surface area contributed by atoms with Gasteiger partial charge in [0.15, 0.2) is 0 Å². The van der Waals surface area contributed by atoms with E-state index in [1.807, 2.05) is 0 Å². The summed E-state index contributed by atoms with van der Waals surface area (Å²) in [5.41, 5.74) is 0.852. The van der Waals surface area contributed by atoms with E-state index >= 15 is 0 Å². The predicted octanol–water partition coefficient (Wildman–Crippen LogP) is 2.93. The van der Waals surface area contributed by atoms with Gasteiger partial charge in [-0.25, -0.2) is 4.39 Å². The van der Waals surface area contributed by atoms with Gasteiger partial charge in [0.05, 0.1) is 29.2 Å². The highest BCUT2D eigenvalue weighted by Gasteiger charge is 2.12. The van der Waals surface area contributed by atoms with Crippen molar-refractivity contribution in [2.45, 2.75) is 12.5 Å². The van der Waals surface area contributed by atoms with Gasteiger partial charge in [-0.1, -0.05) is 11.6 Å². The second kappa shape index (κ2) is 6.54. The minimum Gasteiger partial charge on any atom is -0.472 e. The molecule has 0 saturated heterocycles. The van der Waals surface area contributed by atoms with Crippen LogP contribution in [0.25, 0.3) is 0 Å². The number of rotatable bonds is 5. The molecule has 4 nitrogen and oxygen atoms in total. The molecule has 6 heteroatoms. The summed E-state index contributed by atoms with van der Waals surface area (Å²) in [7, 11) is 0. The standard InChI is InChI=1S/C14H13ClFNO3/c15-12-7-10(16)1-2-11(12)14(19)17-5-3-13(18)9-4-6-20-8-9/h1-2,4,6-8,13,18H,3,5H2,(H,17,19). The second-order valence-corrected chi connectivity index (χ2v) is 4.65. The molecule has 2 N–H and O–H groups in total. The van der Waals surface area contributed by atoms with Gasteiger partial charge in [0.25, 0.3) is 5.91 Å². The molecular formula is C14H13ClFNO3. The minimum atomic E-state index is -0.710. The highest BCUT2D eigenvalue weighted by molar-refractivity contribution is 6.33. The van der Waals surface area contributed by atoms with Crippen LogP contribution in [-0.4, -0.2) is 17.6 Å². The van der Waals surface area contributed by atoms with Crippen LogP contribution in [0.2, 0.25) is 5.02 Å². The van der Waals surface area contributed by atoms with E-state index in [-0.39, 0.29) is 17.1 Å². The maximum Gasteiger partial charge on any atom is 0.252 e. The fourth-order valence-corrected chi connectivity index (χ4v) is 1.98. The van der Waals surface area contributed by atoms with Gasteiger partial charge >= 0.3 is 0 Å². The van der Waals surface area contributed by atoms with Gasteiger partial charge in [0, 0.05) is 12.1 Å². The first kappa shape index (κ1) is 14.6. The van der Waals surface area contributed by atoms with Crippen LogP contribution in [0.3, 0.4) is 0 Å². The van der Waals surface area contributed by atoms with Gasteiger partial charge in [-0.3, -0.25) is 4.79 Å². The topological polar surface area (TPSA) is 62.5 Å². The largest absolute Gasteiger partial charge is 0.472 e. The summed E-state index contributed by atoms with van der Waals surface area (Å²) >= 11 is 5.78. The molecule has 0 fully saturated rings. The Labute approximate surface area is 120 Å². The van der Waals surface area contributed by atoms with Gasteiger partial charge in [-0.15, -0.1) is 0 Å². The molecule has 0 aliphatic rings. The summed E-state index contributed by atoms with van der Waals surface area (Å²) in [5, 5.41) is 12.5. The van der Waals surface area contributed by atoms with Crippen molar-refractivity contribution in [3.8, 4) is 0 Å². The van der Waals surface area contributed by atoms with Crippen LogP contribution in [0.4, 0.5) is 4.39 Å². The molecule has 1 amide bonds. The van der Waals surface area contributed by atoms with Crippen molar-refractivity contribution in [3.05, 3.63) is 58.8 Å². The molecule has 1 aromatic carbocycles. The number of aliphatic hydroxyl groups is 1. The van der Waals surface area contributed by atoms with Crippen LogP contribution >= 0.6 is 11.6 Å². The third-order valence-corrected chi connectivity index (χ3v) is 3.12. The molecule has 1 aromatic heterocycles. The molecule has 2 aromatic rings. The summed E-state index contributed by atoms with van der Waals surface area (Å²) in [6.45, 7) is 0.263. The Morgan fingerprint density at radius 3 is 2.90 bits per heavy atom. The zero-order valence-electron chi connectivity index (χ0n) is 10.5. The first-order chi connectivity index (χ1) is 9.58. The highest BCUT2D eigenvalue weighted by Crippen LogP contribution is 2.18. The van der Waals surface area contributed by atoms with E-state index in [1.54, 1.807) is 6.07 Å². The van der Waals surface area contributed by atoms with Crippen molar-refractivity contribution in [3.63, 3.8) is 0 Å². The Morgan fingerprint density at radius 1 is 1.45 bits per heavy atom. The number of carbonyl (C=O) groups excluding carboxylic acids is 1. The van der Waals surface area contributed by atoms with E-state index in [2.05, 4.69) is 5.32 Å². The van der Waals surface area contributed by atoms with Crippen molar-refractivity contribution in [1.82, 2.24) is 5.32 Å². The van der Waals surface area contributed by atoms with Gasteiger partial charge in [-0.2, -0.15) is 0 Å². The molecule has 0 saturated carbocycles. The fourth-order valence-electron chi connectivity index (χ4n) is 1.72. The Morgan fingerprint density at radius 2 is 2.25 bits per heavy atom. The molecule has 2 rings (SSSR count). The monoisotopic (exact) mass is 297 g/mol. The third kappa shape index (κ3) is 3.59. The number of benzene rings is 1. The number of hydrogen-bond acceptors (Lipinski definition) is 3. The molecule has 20 heavy (non-hydrogen) atoms. The zero-order valence-corrected chi connectivity index (χ0v) is 11.2. The summed E-state index contributed by atoms with van der Waals surface area (Å²) in [6.07, 6.45) is 2.54. The summed E-state index contributed by atoms with van der Waals surface area (Å²) < 4.78 is 17.7. The quantitative estimate of drug-likeness (QED) is 0.892. The van der Waals surface area contributed by atoms with Gasteiger partial charge in [0.1, 0.15) is 5.82 Å². The average molecular weight is 298 g/mol. The molecule has 1 atom stereocenters. The van der Waals surface area contributed by atoms with Crippen LogP contribution in [0.1, 0.15) is 28.4 Å². The average Bonchev–Trinajstić information content (AvgIpc) is 2.92. The Kier molecular flexibility index (Phi) is 4.76. The molecule has 1 unspecified atom stereocenters.